The summed E-state index contributed by atoms with van der Waals surface area (Å²) in [4.78, 5) is 18.6. The van der Waals surface area contributed by atoms with Crippen LogP contribution in [-0.2, 0) is 4.74 Å². The third-order valence-electron chi connectivity index (χ3n) is 6.06. The highest BCUT2D eigenvalue weighted by atomic mass is 32.2. The fourth-order valence-electron chi connectivity index (χ4n) is 4.33. The maximum atomic E-state index is 11.1. The number of aliphatic imine (C=N–C) groups is 1. The van der Waals surface area contributed by atoms with Crippen LogP contribution in [-0.4, -0.2) is 50.4 Å². The Balaban J connectivity index is 0.000000245. The minimum atomic E-state index is 0.538. The molecule has 31 heavy (non-hydrogen) atoms. The standard InChI is InChI=1S/C20H19NOS.C5H12N2O/c22-13-14-10-11-19-17(12-14)21-20(15-6-2-1-3-7-15)16-8-4-5-9-18(16)23-19;1-6-7-2-4-8-5-3-7/h4-5,8-13,15H,1-3,6-7H2;6H,2-5H2,1H3. The highest BCUT2D eigenvalue weighted by molar-refractivity contribution is 7.99. The van der Waals surface area contributed by atoms with Crippen molar-refractivity contribution in [2.24, 2.45) is 10.9 Å². The number of carbonyl (C=O) groups is 1. The maximum Gasteiger partial charge on any atom is 0.150 e. The molecule has 0 atom stereocenters. The number of morpholine rings is 1. The van der Waals surface area contributed by atoms with Crippen LogP contribution < -0.4 is 5.43 Å². The minimum absolute atomic E-state index is 0.538. The van der Waals surface area contributed by atoms with Crippen LogP contribution in [0.15, 0.2) is 57.2 Å². The number of carbonyl (C=O) groups excluding carboxylic acids is 1. The van der Waals surface area contributed by atoms with Gasteiger partial charge in [0.25, 0.3) is 0 Å². The first-order chi connectivity index (χ1) is 15.3. The zero-order valence-corrected chi connectivity index (χ0v) is 19.0. The van der Waals surface area contributed by atoms with Crippen LogP contribution in [0.25, 0.3) is 0 Å². The molecule has 0 spiro atoms. The molecule has 6 heteroatoms. The van der Waals surface area contributed by atoms with Crippen molar-refractivity contribution >= 4 is 29.4 Å². The molecular weight excluding hydrogens is 406 g/mol. The van der Waals surface area contributed by atoms with E-state index in [2.05, 4.69) is 34.7 Å². The zero-order valence-electron chi connectivity index (χ0n) is 18.2. The Morgan fingerprint density at radius 3 is 2.55 bits per heavy atom. The summed E-state index contributed by atoms with van der Waals surface area (Å²) in [7, 11) is 1.94. The van der Waals surface area contributed by atoms with Gasteiger partial charge in [-0.05, 0) is 38.1 Å². The molecule has 5 rings (SSSR count). The first-order valence-electron chi connectivity index (χ1n) is 11.2. The highest BCUT2D eigenvalue weighted by Crippen LogP contribution is 2.43. The van der Waals surface area contributed by atoms with E-state index in [-0.39, 0.29) is 0 Å². The van der Waals surface area contributed by atoms with E-state index in [1.807, 2.05) is 25.2 Å². The van der Waals surface area contributed by atoms with Gasteiger partial charge in [-0.2, -0.15) is 0 Å². The molecule has 0 radical (unpaired) electrons. The molecule has 3 aliphatic rings. The number of hydrogen-bond acceptors (Lipinski definition) is 6. The highest BCUT2D eigenvalue weighted by Gasteiger charge is 2.25. The molecule has 2 heterocycles. The average Bonchev–Trinajstić information content (AvgIpc) is 3.01. The molecule has 2 aromatic carbocycles. The van der Waals surface area contributed by atoms with Gasteiger partial charge in [0, 0.05) is 39.9 Å². The molecule has 1 saturated heterocycles. The van der Waals surface area contributed by atoms with Gasteiger partial charge in [0.05, 0.1) is 24.6 Å². The second kappa shape index (κ2) is 11.0. The third kappa shape index (κ3) is 5.63. The van der Waals surface area contributed by atoms with Gasteiger partial charge in [-0.1, -0.05) is 55.3 Å². The van der Waals surface area contributed by atoms with Crippen molar-refractivity contribution in [1.82, 2.24) is 10.4 Å². The van der Waals surface area contributed by atoms with Gasteiger partial charge in [0.15, 0.2) is 0 Å². The molecule has 164 valence electrons. The van der Waals surface area contributed by atoms with Crippen molar-refractivity contribution in [3.05, 3.63) is 53.6 Å². The summed E-state index contributed by atoms with van der Waals surface area (Å²) in [6.45, 7) is 3.74. The fourth-order valence-corrected chi connectivity index (χ4v) is 5.34. The second-order valence-corrected chi connectivity index (χ2v) is 9.18. The number of ether oxygens (including phenoxy) is 1. The van der Waals surface area contributed by atoms with Crippen LogP contribution in [0.5, 0.6) is 0 Å². The van der Waals surface area contributed by atoms with E-state index in [1.54, 1.807) is 11.8 Å². The summed E-state index contributed by atoms with van der Waals surface area (Å²) in [5, 5.41) is 2.14. The number of nitrogens with one attached hydrogen (secondary N) is 1. The van der Waals surface area contributed by atoms with Gasteiger partial charge in [-0.25, -0.2) is 5.01 Å². The van der Waals surface area contributed by atoms with Gasteiger partial charge in [-0.15, -0.1) is 0 Å². The van der Waals surface area contributed by atoms with Gasteiger partial charge in [0.1, 0.15) is 6.29 Å². The minimum Gasteiger partial charge on any atom is -0.379 e. The predicted octanol–water partition coefficient (Wildman–Crippen LogP) is 5.12. The van der Waals surface area contributed by atoms with E-state index in [0.717, 1.165) is 43.2 Å². The molecule has 1 N–H and O–H groups in total. The lowest BCUT2D eigenvalue weighted by atomic mass is 9.83. The van der Waals surface area contributed by atoms with Crippen molar-refractivity contribution in [3.63, 3.8) is 0 Å². The van der Waals surface area contributed by atoms with Crippen molar-refractivity contribution in [1.29, 1.82) is 0 Å². The van der Waals surface area contributed by atoms with Crippen LogP contribution in [0.1, 0.15) is 48.0 Å². The second-order valence-electron chi connectivity index (χ2n) is 8.10. The molecule has 1 saturated carbocycles. The molecule has 5 nitrogen and oxygen atoms in total. The average molecular weight is 438 g/mol. The van der Waals surface area contributed by atoms with Gasteiger partial charge < -0.3 is 4.74 Å². The van der Waals surface area contributed by atoms with Gasteiger partial charge >= 0.3 is 0 Å². The normalized spacial score (nSPS) is 19.2. The van der Waals surface area contributed by atoms with Crippen LogP contribution in [0.4, 0.5) is 5.69 Å². The van der Waals surface area contributed by atoms with Crippen molar-refractivity contribution in [3.8, 4) is 0 Å². The number of hydrazine groups is 1. The third-order valence-corrected chi connectivity index (χ3v) is 7.20. The summed E-state index contributed by atoms with van der Waals surface area (Å²) in [5.74, 6) is 0.538. The van der Waals surface area contributed by atoms with Gasteiger partial charge in [0.2, 0.25) is 0 Å². The van der Waals surface area contributed by atoms with Gasteiger partial charge in [-0.3, -0.25) is 15.2 Å². The van der Waals surface area contributed by atoms with E-state index >= 15 is 0 Å². The van der Waals surface area contributed by atoms with E-state index in [0.29, 0.717) is 11.5 Å². The van der Waals surface area contributed by atoms with Crippen molar-refractivity contribution in [2.45, 2.75) is 41.9 Å². The largest absolute Gasteiger partial charge is 0.379 e. The Kier molecular flexibility index (Phi) is 7.92. The molecule has 0 bridgehead atoms. The van der Waals surface area contributed by atoms with E-state index in [1.165, 1.54) is 48.3 Å². The summed E-state index contributed by atoms with van der Waals surface area (Å²) in [6.07, 6.45) is 7.27. The van der Waals surface area contributed by atoms with E-state index < -0.39 is 0 Å². The molecule has 2 aromatic rings. The Hall–Kier alpha value is -1.99. The Labute approximate surface area is 189 Å². The Morgan fingerprint density at radius 2 is 1.84 bits per heavy atom. The quantitative estimate of drug-likeness (QED) is 0.676. The lowest BCUT2D eigenvalue weighted by Crippen LogP contribution is -2.43. The lowest BCUT2D eigenvalue weighted by Gasteiger charge is -2.24. The smallest absolute Gasteiger partial charge is 0.150 e. The number of aldehydes is 1. The first kappa shape index (κ1) is 22.2. The maximum absolute atomic E-state index is 11.1. The Bertz CT molecular complexity index is 919. The summed E-state index contributed by atoms with van der Waals surface area (Å²) in [6, 6.07) is 14.4. The van der Waals surface area contributed by atoms with Crippen molar-refractivity contribution < 1.29 is 9.53 Å². The molecule has 2 fully saturated rings. The molecular formula is C25H31N3O2S. The number of rotatable bonds is 3. The topological polar surface area (TPSA) is 53.9 Å². The Morgan fingerprint density at radius 1 is 1.06 bits per heavy atom. The summed E-state index contributed by atoms with van der Waals surface area (Å²) >= 11 is 1.76. The predicted molar refractivity (Wildman–Crippen MR) is 127 cm³/mol. The summed E-state index contributed by atoms with van der Waals surface area (Å²) < 4.78 is 5.12. The first-order valence-corrected chi connectivity index (χ1v) is 12.1. The number of fused-ring (bicyclic) bond motifs is 2. The lowest BCUT2D eigenvalue weighted by molar-refractivity contribution is 0.0171. The monoisotopic (exact) mass is 437 g/mol. The molecule has 0 aromatic heterocycles. The van der Waals surface area contributed by atoms with Crippen molar-refractivity contribution in [2.75, 3.05) is 33.4 Å². The zero-order chi connectivity index (χ0) is 21.5. The van der Waals surface area contributed by atoms with Crippen LogP contribution in [0.2, 0.25) is 0 Å². The number of benzene rings is 2. The SMILES string of the molecule is CNN1CCOCC1.O=Cc1ccc2c(c1)N=C(C1CCCCC1)c1ccccc1S2. The molecule has 0 amide bonds. The molecule has 1 aliphatic carbocycles. The van der Waals surface area contributed by atoms with Crippen LogP contribution in [0, 0.1) is 5.92 Å². The van der Waals surface area contributed by atoms with E-state index in [9.17, 15) is 4.79 Å². The number of hydrogen-bond donors (Lipinski definition) is 1. The van der Waals surface area contributed by atoms with Crippen LogP contribution in [0.3, 0.4) is 0 Å². The fraction of sp³-hybridized carbons (Fsp3) is 0.440. The summed E-state index contributed by atoms with van der Waals surface area (Å²) in [5.41, 5.74) is 7.18. The number of nitrogens with zero attached hydrogens (tertiary/aromatic N) is 2. The van der Waals surface area contributed by atoms with E-state index in [4.69, 9.17) is 9.73 Å². The molecule has 0 unspecified atom stereocenters. The molecule has 2 aliphatic heterocycles. The van der Waals surface area contributed by atoms with Crippen LogP contribution >= 0.6 is 11.8 Å².